The number of fused-ring (bicyclic) bond motifs is 1. The van der Waals surface area contributed by atoms with Gasteiger partial charge in [0.15, 0.2) is 0 Å². The maximum atomic E-state index is 8.72. The van der Waals surface area contributed by atoms with E-state index in [0.29, 0.717) is 6.61 Å². The van der Waals surface area contributed by atoms with Crippen molar-refractivity contribution in [1.29, 1.82) is 0 Å². The second-order valence-electron chi connectivity index (χ2n) is 5.78. The zero-order valence-electron chi connectivity index (χ0n) is 13.3. The normalized spacial score (nSPS) is 10.6. The first kappa shape index (κ1) is 18.9. The average Bonchev–Trinajstić information content (AvgIpc) is 2.53. The van der Waals surface area contributed by atoms with Crippen LogP contribution in [-0.2, 0) is 6.42 Å². The van der Waals surface area contributed by atoms with E-state index in [1.165, 1.54) is 61.4 Å². The number of benzene rings is 1. The molecule has 3 heteroatoms. The maximum Gasteiger partial charge on any atom is 0.0481 e. The van der Waals surface area contributed by atoms with Crippen LogP contribution in [0.2, 0.25) is 0 Å². The molecule has 0 aliphatic heterocycles. The van der Waals surface area contributed by atoms with Crippen molar-refractivity contribution < 1.29 is 5.11 Å². The van der Waals surface area contributed by atoms with E-state index in [1.54, 1.807) is 0 Å². The molecule has 0 unspecified atom stereocenters. The van der Waals surface area contributed by atoms with Gasteiger partial charge >= 0.3 is 0 Å². The number of rotatable bonds is 10. The highest BCUT2D eigenvalue weighted by atomic mass is 35.5. The predicted molar refractivity (Wildman–Crippen MR) is 96.7 cm³/mol. The smallest absolute Gasteiger partial charge is 0.0481 e. The lowest BCUT2D eigenvalue weighted by Gasteiger charge is -2.05. The summed E-state index contributed by atoms with van der Waals surface area (Å²) in [7, 11) is 0. The van der Waals surface area contributed by atoms with E-state index in [2.05, 4.69) is 35.3 Å². The summed E-state index contributed by atoms with van der Waals surface area (Å²) in [6, 6.07) is 10.6. The highest BCUT2D eigenvalue weighted by Gasteiger charge is 2.01. The third kappa shape index (κ3) is 6.33. The van der Waals surface area contributed by atoms with Crippen LogP contribution in [0.5, 0.6) is 0 Å². The molecule has 1 aromatic heterocycles. The van der Waals surface area contributed by atoms with E-state index < -0.39 is 0 Å². The van der Waals surface area contributed by atoms with Gasteiger partial charge in [-0.25, -0.2) is 0 Å². The number of unbranched alkanes of at least 4 members (excludes halogenated alkanes) is 7. The zero-order valence-corrected chi connectivity index (χ0v) is 14.2. The summed E-state index contributed by atoms with van der Waals surface area (Å²) in [6.07, 6.45) is 12.9. The number of aromatic nitrogens is 1. The van der Waals surface area contributed by atoms with Gasteiger partial charge in [0, 0.05) is 23.9 Å². The van der Waals surface area contributed by atoms with Crippen LogP contribution in [0, 0.1) is 0 Å². The highest BCUT2D eigenvalue weighted by Crippen LogP contribution is 2.18. The van der Waals surface area contributed by atoms with E-state index >= 15 is 0 Å². The molecule has 0 saturated carbocycles. The Bertz CT molecular complexity index is 524. The molecule has 1 aromatic carbocycles. The second kappa shape index (κ2) is 11.4. The molecule has 0 amide bonds. The topological polar surface area (TPSA) is 33.1 Å². The fourth-order valence-corrected chi connectivity index (χ4v) is 2.85. The van der Waals surface area contributed by atoms with Crippen molar-refractivity contribution in [1.82, 2.24) is 4.98 Å². The Balaban J connectivity index is 0.00000242. The van der Waals surface area contributed by atoms with Gasteiger partial charge < -0.3 is 5.11 Å². The van der Waals surface area contributed by atoms with Gasteiger partial charge in [-0.05, 0) is 30.7 Å². The quantitative estimate of drug-likeness (QED) is 0.601. The molecular formula is C19H28ClNO. The van der Waals surface area contributed by atoms with Crippen LogP contribution < -0.4 is 0 Å². The third-order valence-electron chi connectivity index (χ3n) is 4.08. The van der Waals surface area contributed by atoms with Gasteiger partial charge in [0.2, 0.25) is 0 Å². The molecule has 0 bridgehead atoms. The van der Waals surface area contributed by atoms with Gasteiger partial charge in [-0.1, -0.05) is 62.8 Å². The summed E-state index contributed by atoms with van der Waals surface area (Å²) < 4.78 is 0. The van der Waals surface area contributed by atoms with Crippen LogP contribution in [0.15, 0.2) is 36.5 Å². The predicted octanol–water partition coefficient (Wildman–Crippen LogP) is 5.31. The molecule has 0 spiro atoms. The number of aryl methyl sites for hydroxylation is 1. The maximum absolute atomic E-state index is 8.72. The summed E-state index contributed by atoms with van der Waals surface area (Å²) in [5, 5.41) is 11.3. The van der Waals surface area contributed by atoms with Crippen LogP contribution in [0.25, 0.3) is 10.8 Å². The Morgan fingerprint density at radius 2 is 1.41 bits per heavy atom. The number of hydrogen-bond donors (Lipinski definition) is 1. The van der Waals surface area contributed by atoms with Crippen molar-refractivity contribution in [2.75, 3.05) is 6.61 Å². The van der Waals surface area contributed by atoms with Gasteiger partial charge in [0.05, 0.1) is 0 Å². The van der Waals surface area contributed by atoms with Crippen LogP contribution in [0.3, 0.4) is 0 Å². The van der Waals surface area contributed by atoms with E-state index in [9.17, 15) is 0 Å². The lowest BCUT2D eigenvalue weighted by Crippen LogP contribution is -1.92. The van der Waals surface area contributed by atoms with E-state index in [-0.39, 0.29) is 12.4 Å². The molecule has 0 fully saturated rings. The van der Waals surface area contributed by atoms with Crippen molar-refractivity contribution in [2.45, 2.75) is 57.8 Å². The first-order chi connectivity index (χ1) is 10.4. The van der Waals surface area contributed by atoms with Crippen LogP contribution in [0.1, 0.15) is 57.1 Å². The molecule has 2 nitrogen and oxygen atoms in total. The first-order valence-corrected chi connectivity index (χ1v) is 8.35. The largest absolute Gasteiger partial charge is 0.396 e. The number of halogens is 1. The number of hydrogen-bond acceptors (Lipinski definition) is 2. The molecule has 2 rings (SSSR count). The van der Waals surface area contributed by atoms with Gasteiger partial charge in [0.1, 0.15) is 0 Å². The molecule has 0 radical (unpaired) electrons. The van der Waals surface area contributed by atoms with Gasteiger partial charge in [-0.2, -0.15) is 0 Å². The van der Waals surface area contributed by atoms with Crippen molar-refractivity contribution in [3.05, 3.63) is 42.2 Å². The molecule has 0 saturated heterocycles. The molecule has 1 heterocycles. The molecule has 1 N–H and O–H groups in total. The minimum atomic E-state index is 0. The fourth-order valence-electron chi connectivity index (χ4n) is 2.85. The van der Waals surface area contributed by atoms with Crippen molar-refractivity contribution in [3.8, 4) is 0 Å². The van der Waals surface area contributed by atoms with E-state index in [4.69, 9.17) is 5.11 Å². The molecule has 0 aliphatic rings. The number of nitrogens with zero attached hydrogens (tertiary/aromatic N) is 1. The minimum Gasteiger partial charge on any atom is -0.396 e. The molecular weight excluding hydrogens is 294 g/mol. The molecule has 0 atom stereocenters. The van der Waals surface area contributed by atoms with Crippen molar-refractivity contribution in [2.24, 2.45) is 0 Å². The monoisotopic (exact) mass is 321 g/mol. The lowest BCUT2D eigenvalue weighted by atomic mass is 10.0. The summed E-state index contributed by atoms with van der Waals surface area (Å²) in [5.41, 5.74) is 1.25. The number of aliphatic hydroxyl groups excluding tert-OH is 1. The van der Waals surface area contributed by atoms with Crippen molar-refractivity contribution >= 4 is 23.2 Å². The van der Waals surface area contributed by atoms with E-state index in [1.807, 2.05) is 6.20 Å². The third-order valence-corrected chi connectivity index (χ3v) is 4.08. The fraction of sp³-hybridized carbons (Fsp3) is 0.526. The Hall–Kier alpha value is -1.12. The Kier molecular flexibility index (Phi) is 9.85. The molecule has 0 aliphatic carbocycles. The lowest BCUT2D eigenvalue weighted by molar-refractivity contribution is 0.282. The zero-order chi connectivity index (χ0) is 14.8. The Labute approximate surface area is 140 Å². The molecule has 2 aromatic rings. The second-order valence-corrected chi connectivity index (χ2v) is 5.78. The Morgan fingerprint density at radius 3 is 2.14 bits per heavy atom. The summed E-state index contributed by atoms with van der Waals surface area (Å²) in [6.45, 7) is 0.345. The summed E-state index contributed by atoms with van der Waals surface area (Å²) in [5.74, 6) is 0. The highest BCUT2D eigenvalue weighted by molar-refractivity contribution is 5.85. The van der Waals surface area contributed by atoms with Crippen LogP contribution >= 0.6 is 12.4 Å². The van der Waals surface area contributed by atoms with Crippen molar-refractivity contribution in [3.63, 3.8) is 0 Å². The Morgan fingerprint density at radius 1 is 0.773 bits per heavy atom. The SMILES string of the molecule is Cl.OCCCCCCCCCCc1nccc2ccccc12. The van der Waals surface area contributed by atoms with Crippen LogP contribution in [-0.4, -0.2) is 16.7 Å². The minimum absolute atomic E-state index is 0. The van der Waals surface area contributed by atoms with Gasteiger partial charge in [-0.3, -0.25) is 4.98 Å². The van der Waals surface area contributed by atoms with Gasteiger partial charge in [-0.15, -0.1) is 12.4 Å². The van der Waals surface area contributed by atoms with Crippen LogP contribution in [0.4, 0.5) is 0 Å². The van der Waals surface area contributed by atoms with E-state index in [0.717, 1.165) is 12.8 Å². The first-order valence-electron chi connectivity index (χ1n) is 8.35. The standard InChI is InChI=1S/C19H27NO.ClH/c21-16-10-6-4-2-1-3-5-7-13-19-18-12-9-8-11-17(18)14-15-20-19;/h8-9,11-12,14-15,21H,1-7,10,13,16H2;1H. The van der Waals surface area contributed by atoms with Gasteiger partial charge in [0.25, 0.3) is 0 Å². The number of pyridine rings is 1. The molecule has 122 valence electrons. The molecule has 22 heavy (non-hydrogen) atoms. The summed E-state index contributed by atoms with van der Waals surface area (Å²) in [4.78, 5) is 4.55. The average molecular weight is 322 g/mol. The number of aliphatic hydroxyl groups is 1. The summed E-state index contributed by atoms with van der Waals surface area (Å²) >= 11 is 0.